The molecule has 0 N–H and O–H groups in total. The van der Waals surface area contributed by atoms with Gasteiger partial charge in [-0.2, -0.15) is 0 Å². The minimum atomic E-state index is -0.706. The number of ether oxygens (including phenoxy) is 1. The highest BCUT2D eigenvalue weighted by molar-refractivity contribution is 9.10. The second-order valence-electron chi connectivity index (χ2n) is 14.0. The van der Waals surface area contributed by atoms with E-state index in [2.05, 4.69) is 49.0 Å². The standard InChI is InChI=1S/C38H42Br2ClN5O3/c1-38(2,3)49-37(48)46-16-12-27(34-33-26(19-30(41)21-31(33)40)10-11-28-18-29(39)22-43-35(28)34)20-32(46)36(47)45(23-25-8-5-4-6-9-25)15-7-14-44-17-13-42-24-44/h4-6,8-9,13,17-19,21-22,24,27,32,34H,7,10-12,14-16,20,23H2,1-3H3/t27?,32-,34-/m1/s1. The van der Waals surface area contributed by atoms with Crippen LogP contribution in [0.25, 0.3) is 0 Å². The van der Waals surface area contributed by atoms with E-state index in [0.29, 0.717) is 37.5 Å². The summed E-state index contributed by atoms with van der Waals surface area (Å²) in [6, 6.07) is 15.5. The third-order valence-electron chi connectivity index (χ3n) is 9.38. The third kappa shape index (κ3) is 8.58. The number of hydrogen-bond acceptors (Lipinski definition) is 5. The Morgan fingerprint density at radius 2 is 1.86 bits per heavy atom. The summed E-state index contributed by atoms with van der Waals surface area (Å²) in [5.74, 6) is -0.135. The number of nitrogens with zero attached hydrogens (tertiary/aromatic N) is 5. The van der Waals surface area contributed by atoms with Crippen molar-refractivity contribution in [2.75, 3.05) is 13.1 Å². The lowest BCUT2D eigenvalue weighted by atomic mass is 9.74. The van der Waals surface area contributed by atoms with Crippen molar-refractivity contribution in [1.82, 2.24) is 24.3 Å². The predicted molar refractivity (Wildman–Crippen MR) is 198 cm³/mol. The number of halogens is 3. The lowest BCUT2D eigenvalue weighted by molar-refractivity contribution is -0.139. The Morgan fingerprint density at radius 1 is 1.08 bits per heavy atom. The number of amides is 2. The van der Waals surface area contributed by atoms with E-state index in [-0.39, 0.29) is 17.7 Å². The van der Waals surface area contributed by atoms with E-state index in [1.807, 2.05) is 79.0 Å². The van der Waals surface area contributed by atoms with Gasteiger partial charge in [-0.1, -0.05) is 57.9 Å². The van der Waals surface area contributed by atoms with Crippen molar-refractivity contribution >= 4 is 55.5 Å². The molecule has 258 valence electrons. The Bertz CT molecular complexity index is 1780. The smallest absolute Gasteiger partial charge is 0.410 e. The molecule has 49 heavy (non-hydrogen) atoms. The van der Waals surface area contributed by atoms with Crippen molar-refractivity contribution < 1.29 is 14.3 Å². The van der Waals surface area contributed by atoms with Gasteiger partial charge in [0.2, 0.25) is 5.91 Å². The highest BCUT2D eigenvalue weighted by Gasteiger charge is 2.44. The lowest BCUT2D eigenvalue weighted by Crippen LogP contribution is -2.56. The van der Waals surface area contributed by atoms with Crippen LogP contribution < -0.4 is 0 Å². The first-order chi connectivity index (χ1) is 23.5. The second kappa shape index (κ2) is 15.4. The van der Waals surface area contributed by atoms with E-state index < -0.39 is 17.7 Å². The maximum Gasteiger partial charge on any atom is 0.410 e. The maximum absolute atomic E-state index is 14.9. The number of aryl methyl sites for hydroxylation is 3. The highest BCUT2D eigenvalue weighted by Crippen LogP contribution is 2.47. The first-order valence-electron chi connectivity index (χ1n) is 16.9. The first kappa shape index (κ1) is 35.6. The minimum Gasteiger partial charge on any atom is -0.444 e. The van der Waals surface area contributed by atoms with Crippen LogP contribution >= 0.6 is 43.5 Å². The Morgan fingerprint density at radius 3 is 2.59 bits per heavy atom. The normalized spacial score (nSPS) is 19.1. The van der Waals surface area contributed by atoms with E-state index in [9.17, 15) is 9.59 Å². The Kier molecular flexibility index (Phi) is 11.2. The summed E-state index contributed by atoms with van der Waals surface area (Å²) in [4.78, 5) is 41.5. The number of aromatic nitrogens is 3. The summed E-state index contributed by atoms with van der Waals surface area (Å²) in [6.07, 6.45) is 10.5. The van der Waals surface area contributed by atoms with Gasteiger partial charge in [-0.05, 0) is 115 Å². The van der Waals surface area contributed by atoms with Gasteiger partial charge in [0.25, 0.3) is 0 Å². The number of fused-ring (bicyclic) bond motifs is 2. The van der Waals surface area contributed by atoms with Crippen LogP contribution in [-0.4, -0.2) is 61.1 Å². The van der Waals surface area contributed by atoms with Crippen molar-refractivity contribution in [2.45, 2.75) is 83.5 Å². The topological polar surface area (TPSA) is 80.6 Å². The van der Waals surface area contributed by atoms with Crippen LogP contribution in [0.5, 0.6) is 0 Å². The molecule has 3 heterocycles. The number of piperidine rings is 1. The molecule has 2 aliphatic rings. The van der Waals surface area contributed by atoms with Crippen molar-refractivity contribution in [1.29, 1.82) is 0 Å². The van der Waals surface area contributed by atoms with E-state index in [1.54, 1.807) is 17.4 Å². The van der Waals surface area contributed by atoms with Gasteiger partial charge in [-0.15, -0.1) is 0 Å². The van der Waals surface area contributed by atoms with Gasteiger partial charge in [0, 0.05) is 64.7 Å². The zero-order valence-electron chi connectivity index (χ0n) is 28.1. The molecule has 1 unspecified atom stereocenters. The van der Waals surface area contributed by atoms with Crippen LogP contribution in [0.4, 0.5) is 4.79 Å². The number of rotatable bonds is 8. The molecule has 1 saturated heterocycles. The predicted octanol–water partition coefficient (Wildman–Crippen LogP) is 8.82. The fraction of sp³-hybridized carbons (Fsp3) is 0.421. The molecule has 0 radical (unpaired) electrons. The van der Waals surface area contributed by atoms with Crippen LogP contribution in [0.15, 0.2) is 82.4 Å². The molecule has 4 aromatic rings. The van der Waals surface area contributed by atoms with Gasteiger partial charge in [-0.3, -0.25) is 14.7 Å². The van der Waals surface area contributed by atoms with Crippen LogP contribution in [0.1, 0.15) is 73.9 Å². The van der Waals surface area contributed by atoms with Crippen LogP contribution in [0.3, 0.4) is 0 Å². The second-order valence-corrected chi connectivity index (χ2v) is 16.2. The molecule has 0 spiro atoms. The van der Waals surface area contributed by atoms with Crippen molar-refractivity contribution in [2.24, 2.45) is 5.92 Å². The minimum absolute atomic E-state index is 0.0268. The van der Waals surface area contributed by atoms with Gasteiger partial charge in [-0.25, -0.2) is 9.78 Å². The summed E-state index contributed by atoms with van der Waals surface area (Å²) in [7, 11) is 0. The SMILES string of the molecule is CC(C)(C)OC(=O)N1CCC([C@H]2c3ncc(Br)cc3CCc3cc(Cl)cc(Br)c32)C[C@@H]1C(=O)N(CCCn1ccnc1)Cc1ccccc1. The number of pyridine rings is 1. The molecule has 2 aromatic heterocycles. The van der Waals surface area contributed by atoms with Gasteiger partial charge in [0.1, 0.15) is 11.6 Å². The monoisotopic (exact) mass is 809 g/mol. The van der Waals surface area contributed by atoms with E-state index >= 15 is 0 Å². The quantitative estimate of drug-likeness (QED) is 0.178. The molecule has 11 heteroatoms. The van der Waals surface area contributed by atoms with Gasteiger partial charge in [0.05, 0.1) is 12.0 Å². The van der Waals surface area contributed by atoms with E-state index in [4.69, 9.17) is 21.3 Å². The molecular weight excluding hydrogens is 770 g/mol. The molecule has 1 aliphatic heterocycles. The van der Waals surface area contributed by atoms with Crippen LogP contribution in [0.2, 0.25) is 5.02 Å². The average molecular weight is 812 g/mol. The van der Waals surface area contributed by atoms with Crippen molar-refractivity contribution in [3.63, 3.8) is 0 Å². The lowest BCUT2D eigenvalue weighted by Gasteiger charge is -2.43. The molecule has 6 rings (SSSR count). The van der Waals surface area contributed by atoms with Crippen LogP contribution in [-0.2, 0) is 35.5 Å². The number of likely N-dealkylation sites (tertiary alicyclic amines) is 1. The summed E-state index contributed by atoms with van der Waals surface area (Å²) in [5, 5.41) is 0.685. The average Bonchev–Trinajstić information content (AvgIpc) is 3.52. The van der Waals surface area contributed by atoms with Gasteiger partial charge in [0.15, 0.2) is 0 Å². The van der Waals surface area contributed by atoms with Crippen molar-refractivity contribution in [3.8, 4) is 0 Å². The summed E-state index contributed by atoms with van der Waals surface area (Å²) in [5.41, 5.74) is 4.89. The number of carbonyl (C=O) groups excluding carboxylic acids is 2. The fourth-order valence-electron chi connectivity index (χ4n) is 7.24. The Labute approximate surface area is 310 Å². The molecule has 2 aromatic carbocycles. The summed E-state index contributed by atoms with van der Waals surface area (Å²) in [6.45, 7) is 7.68. The molecule has 8 nitrogen and oxygen atoms in total. The number of hydrogen-bond donors (Lipinski definition) is 0. The van der Waals surface area contributed by atoms with Crippen LogP contribution in [0, 0.1) is 5.92 Å². The van der Waals surface area contributed by atoms with Gasteiger partial charge < -0.3 is 14.2 Å². The maximum atomic E-state index is 14.9. The zero-order chi connectivity index (χ0) is 34.7. The largest absolute Gasteiger partial charge is 0.444 e. The number of carbonyl (C=O) groups is 2. The Balaban J connectivity index is 1.38. The molecule has 0 saturated carbocycles. The van der Waals surface area contributed by atoms with E-state index in [0.717, 1.165) is 46.0 Å². The number of imidazole rings is 1. The van der Waals surface area contributed by atoms with E-state index in [1.165, 1.54) is 16.7 Å². The third-order valence-corrected chi connectivity index (χ3v) is 10.7. The molecule has 0 bridgehead atoms. The zero-order valence-corrected chi connectivity index (χ0v) is 32.0. The van der Waals surface area contributed by atoms with Crippen molar-refractivity contribution in [3.05, 3.63) is 115 Å². The highest BCUT2D eigenvalue weighted by atomic mass is 79.9. The summed E-state index contributed by atoms with van der Waals surface area (Å²) < 4.78 is 9.81. The first-order valence-corrected chi connectivity index (χ1v) is 18.8. The molecule has 1 fully saturated rings. The summed E-state index contributed by atoms with van der Waals surface area (Å²) >= 11 is 14.1. The molecule has 1 aliphatic carbocycles. The fourth-order valence-corrected chi connectivity index (χ4v) is 8.74. The number of benzene rings is 2. The molecular formula is C38H42Br2ClN5O3. The Hall–Kier alpha value is -3.21. The molecule has 2 amide bonds. The molecule has 3 atom stereocenters. The van der Waals surface area contributed by atoms with Gasteiger partial charge >= 0.3 is 6.09 Å².